The average molecular weight is 315 g/mol. The first kappa shape index (κ1) is 18.7. The van der Waals surface area contributed by atoms with E-state index in [1.807, 2.05) is 30.3 Å². The molecule has 1 amide bonds. The molecule has 1 aromatic rings. The smallest absolute Gasteiger partial charge is 0.263 e. The van der Waals surface area contributed by atoms with Crippen LogP contribution in [0.2, 0.25) is 0 Å². The van der Waals surface area contributed by atoms with E-state index in [2.05, 4.69) is 31.4 Å². The molecule has 0 bridgehead atoms. The number of anilines is 1. The molecule has 0 heterocycles. The van der Waals surface area contributed by atoms with Crippen molar-refractivity contribution >= 4 is 11.6 Å². The minimum atomic E-state index is -0.387. The molecular formula is C18H25N3O2. The van der Waals surface area contributed by atoms with Crippen LogP contribution in [-0.4, -0.2) is 26.2 Å². The molecule has 124 valence electrons. The zero-order valence-electron chi connectivity index (χ0n) is 14.3. The lowest BCUT2D eigenvalue weighted by atomic mass is 9.87. The van der Waals surface area contributed by atoms with Crippen molar-refractivity contribution in [2.45, 2.75) is 32.6 Å². The van der Waals surface area contributed by atoms with E-state index in [1.54, 1.807) is 7.11 Å². The summed E-state index contributed by atoms with van der Waals surface area (Å²) >= 11 is 0. The molecule has 0 radical (unpaired) electrons. The lowest BCUT2D eigenvalue weighted by Crippen LogP contribution is -2.26. The van der Waals surface area contributed by atoms with E-state index < -0.39 is 0 Å². The molecule has 2 N–H and O–H groups in total. The number of nitrogens with one attached hydrogen (secondary N) is 2. The van der Waals surface area contributed by atoms with Gasteiger partial charge in [-0.05, 0) is 29.5 Å². The molecule has 1 aromatic carbocycles. The number of benzene rings is 1. The number of ether oxygens (including phenoxy) is 1. The van der Waals surface area contributed by atoms with Crippen molar-refractivity contribution in [3.05, 3.63) is 41.6 Å². The van der Waals surface area contributed by atoms with Crippen LogP contribution >= 0.6 is 0 Å². The zero-order chi connectivity index (χ0) is 17.3. The van der Waals surface area contributed by atoms with Crippen molar-refractivity contribution in [2.24, 2.45) is 0 Å². The Morgan fingerprint density at radius 2 is 1.96 bits per heavy atom. The Hall–Kier alpha value is -2.32. The molecular weight excluding hydrogens is 290 g/mol. The van der Waals surface area contributed by atoms with E-state index in [0.717, 1.165) is 5.69 Å². The molecule has 5 nitrogen and oxygen atoms in total. The topological polar surface area (TPSA) is 74.1 Å². The van der Waals surface area contributed by atoms with Gasteiger partial charge in [0, 0.05) is 32.1 Å². The van der Waals surface area contributed by atoms with Gasteiger partial charge >= 0.3 is 0 Å². The molecule has 0 saturated carbocycles. The summed E-state index contributed by atoms with van der Waals surface area (Å²) < 4.78 is 4.91. The number of hydrogen-bond donors (Lipinski definition) is 2. The Morgan fingerprint density at radius 1 is 1.30 bits per heavy atom. The monoisotopic (exact) mass is 315 g/mol. The van der Waals surface area contributed by atoms with Crippen molar-refractivity contribution in [1.82, 2.24) is 5.32 Å². The first-order valence-electron chi connectivity index (χ1n) is 7.63. The standard InChI is InChI=1S/C18H25N3O2/c1-18(2,3)15-6-8-16(9-7-15)21-13-14(12-19)17(22)20-10-5-11-23-4/h6-9,13,21H,5,10-11H2,1-4H3,(H,20,22)/b14-13-. The second-order valence-corrected chi connectivity index (χ2v) is 6.24. The van der Waals surface area contributed by atoms with Crippen LogP contribution in [0.5, 0.6) is 0 Å². The summed E-state index contributed by atoms with van der Waals surface area (Å²) in [5, 5.41) is 14.8. The number of carbonyl (C=O) groups is 1. The first-order chi connectivity index (χ1) is 10.9. The molecule has 23 heavy (non-hydrogen) atoms. The Balaban J connectivity index is 2.62. The van der Waals surface area contributed by atoms with Crippen molar-refractivity contribution in [1.29, 1.82) is 5.26 Å². The predicted molar refractivity (Wildman–Crippen MR) is 92.0 cm³/mol. The van der Waals surface area contributed by atoms with Crippen LogP contribution in [0.4, 0.5) is 5.69 Å². The number of carbonyl (C=O) groups excluding carboxylic acids is 1. The molecule has 0 spiro atoms. The van der Waals surface area contributed by atoms with Gasteiger partial charge in [0.25, 0.3) is 5.91 Å². The van der Waals surface area contributed by atoms with E-state index >= 15 is 0 Å². The third-order valence-corrected chi connectivity index (χ3v) is 3.31. The summed E-state index contributed by atoms with van der Waals surface area (Å²) in [5.74, 6) is -0.387. The molecule has 0 unspecified atom stereocenters. The quantitative estimate of drug-likeness (QED) is 0.461. The fraction of sp³-hybridized carbons (Fsp3) is 0.444. The van der Waals surface area contributed by atoms with Gasteiger partial charge in [-0.15, -0.1) is 0 Å². The number of nitrogens with zero attached hydrogens (tertiary/aromatic N) is 1. The van der Waals surface area contributed by atoms with Crippen LogP contribution in [0.3, 0.4) is 0 Å². The van der Waals surface area contributed by atoms with Gasteiger partial charge in [-0.25, -0.2) is 0 Å². The third-order valence-electron chi connectivity index (χ3n) is 3.31. The van der Waals surface area contributed by atoms with Crippen LogP contribution in [0.25, 0.3) is 0 Å². The molecule has 0 fully saturated rings. The largest absolute Gasteiger partial charge is 0.385 e. The number of amides is 1. The van der Waals surface area contributed by atoms with Crippen LogP contribution in [0, 0.1) is 11.3 Å². The van der Waals surface area contributed by atoms with Crippen LogP contribution in [0.1, 0.15) is 32.8 Å². The normalized spacial score (nSPS) is 11.7. The fourth-order valence-corrected chi connectivity index (χ4v) is 1.88. The van der Waals surface area contributed by atoms with Crippen LogP contribution in [-0.2, 0) is 14.9 Å². The van der Waals surface area contributed by atoms with E-state index in [-0.39, 0.29) is 16.9 Å². The van der Waals surface area contributed by atoms with E-state index in [1.165, 1.54) is 11.8 Å². The maximum Gasteiger partial charge on any atom is 0.263 e. The molecule has 0 aliphatic carbocycles. The lowest BCUT2D eigenvalue weighted by Gasteiger charge is -2.19. The second kappa shape index (κ2) is 8.96. The zero-order valence-corrected chi connectivity index (χ0v) is 14.3. The van der Waals surface area contributed by atoms with Gasteiger partial charge in [0.1, 0.15) is 11.6 Å². The summed E-state index contributed by atoms with van der Waals surface area (Å²) in [7, 11) is 1.61. The van der Waals surface area contributed by atoms with Gasteiger partial charge in [-0.1, -0.05) is 32.9 Å². The molecule has 1 rings (SSSR count). The first-order valence-corrected chi connectivity index (χ1v) is 7.63. The van der Waals surface area contributed by atoms with E-state index in [0.29, 0.717) is 19.6 Å². The summed E-state index contributed by atoms with van der Waals surface area (Å²) in [4.78, 5) is 11.9. The summed E-state index contributed by atoms with van der Waals surface area (Å²) in [5.41, 5.74) is 2.19. The molecule has 0 saturated heterocycles. The van der Waals surface area contributed by atoms with Crippen molar-refractivity contribution in [3.8, 4) is 6.07 Å². The number of nitriles is 1. The summed E-state index contributed by atoms with van der Waals surface area (Å²) in [6, 6.07) is 9.84. The molecule has 0 atom stereocenters. The number of hydrogen-bond acceptors (Lipinski definition) is 4. The van der Waals surface area contributed by atoms with Crippen molar-refractivity contribution < 1.29 is 9.53 Å². The number of methoxy groups -OCH3 is 1. The highest BCUT2D eigenvalue weighted by Gasteiger charge is 2.13. The minimum absolute atomic E-state index is 0.0438. The van der Waals surface area contributed by atoms with Gasteiger partial charge in [0.05, 0.1) is 0 Å². The Labute approximate surface area is 138 Å². The summed E-state index contributed by atoms with van der Waals surface area (Å²) in [6.45, 7) is 7.50. The van der Waals surface area contributed by atoms with E-state index in [9.17, 15) is 4.79 Å². The maximum atomic E-state index is 11.9. The second-order valence-electron chi connectivity index (χ2n) is 6.24. The Bertz CT molecular complexity index is 578. The molecule has 0 aliphatic heterocycles. The van der Waals surface area contributed by atoms with Crippen LogP contribution in [0.15, 0.2) is 36.0 Å². The molecule has 0 aliphatic rings. The minimum Gasteiger partial charge on any atom is -0.385 e. The van der Waals surface area contributed by atoms with Crippen molar-refractivity contribution in [3.63, 3.8) is 0 Å². The SMILES string of the molecule is COCCCNC(=O)/C(C#N)=C\Nc1ccc(C(C)(C)C)cc1. The van der Waals surface area contributed by atoms with Gasteiger partial charge in [-0.2, -0.15) is 5.26 Å². The highest BCUT2D eigenvalue weighted by atomic mass is 16.5. The summed E-state index contributed by atoms with van der Waals surface area (Å²) in [6.07, 6.45) is 2.14. The highest BCUT2D eigenvalue weighted by molar-refractivity contribution is 5.97. The average Bonchev–Trinajstić information content (AvgIpc) is 2.52. The maximum absolute atomic E-state index is 11.9. The van der Waals surface area contributed by atoms with Gasteiger partial charge in [0.2, 0.25) is 0 Å². The third kappa shape index (κ3) is 6.54. The molecule has 0 aromatic heterocycles. The number of rotatable bonds is 7. The Kier molecular flexibility index (Phi) is 7.30. The predicted octanol–water partition coefficient (Wildman–Crippen LogP) is 2.96. The molecule has 5 heteroatoms. The fourth-order valence-electron chi connectivity index (χ4n) is 1.88. The lowest BCUT2D eigenvalue weighted by molar-refractivity contribution is -0.117. The van der Waals surface area contributed by atoms with Gasteiger partial charge in [0.15, 0.2) is 0 Å². The van der Waals surface area contributed by atoms with E-state index in [4.69, 9.17) is 10.00 Å². The van der Waals surface area contributed by atoms with Gasteiger partial charge < -0.3 is 15.4 Å². The van der Waals surface area contributed by atoms with Crippen molar-refractivity contribution in [2.75, 3.05) is 25.6 Å². The highest BCUT2D eigenvalue weighted by Crippen LogP contribution is 2.23. The van der Waals surface area contributed by atoms with Crippen LogP contribution < -0.4 is 10.6 Å². The Morgan fingerprint density at radius 3 is 2.48 bits per heavy atom. The van der Waals surface area contributed by atoms with Gasteiger partial charge in [-0.3, -0.25) is 4.79 Å².